The van der Waals surface area contributed by atoms with Gasteiger partial charge in [0.15, 0.2) is 17.5 Å². The second-order valence-corrected chi connectivity index (χ2v) is 8.02. The van der Waals surface area contributed by atoms with Gasteiger partial charge in [-0.3, -0.25) is 4.68 Å². The topological polar surface area (TPSA) is 104 Å². The molecule has 1 fully saturated rings. The maximum absolute atomic E-state index is 14.4. The van der Waals surface area contributed by atoms with Crippen LogP contribution >= 0.6 is 0 Å². The molecule has 1 saturated heterocycles. The minimum Gasteiger partial charge on any atom is -0.383 e. The number of nitrogen functional groups attached to an aromatic ring is 1. The van der Waals surface area contributed by atoms with Crippen LogP contribution in [0.4, 0.5) is 14.6 Å². The Balaban J connectivity index is 1.47. The average Bonchev–Trinajstić information content (AvgIpc) is 3.52. The number of halogens is 2. The Labute approximate surface area is 188 Å². The van der Waals surface area contributed by atoms with Crippen molar-refractivity contribution in [3.8, 4) is 28.2 Å². The maximum Gasteiger partial charge on any atom is 0.190 e. The predicted molar refractivity (Wildman–Crippen MR) is 118 cm³/mol. The summed E-state index contributed by atoms with van der Waals surface area (Å²) in [5.41, 5.74) is 8.04. The second kappa shape index (κ2) is 8.66. The van der Waals surface area contributed by atoms with Crippen molar-refractivity contribution in [3.63, 3.8) is 0 Å². The molecule has 170 valence electrons. The van der Waals surface area contributed by atoms with Crippen molar-refractivity contribution in [2.24, 2.45) is 0 Å². The zero-order chi connectivity index (χ0) is 22.9. The van der Waals surface area contributed by atoms with Crippen LogP contribution in [0, 0.1) is 11.6 Å². The number of nitrogens with zero attached hydrogens (tertiary/aromatic N) is 8. The summed E-state index contributed by atoms with van der Waals surface area (Å²) in [6.07, 6.45) is 7.54. The monoisotopic (exact) mass is 451 g/mol. The number of tetrazole rings is 1. The highest BCUT2D eigenvalue weighted by Gasteiger charge is 2.22. The molecule has 2 N–H and O–H groups in total. The number of rotatable bonds is 5. The molecule has 1 aliphatic rings. The van der Waals surface area contributed by atoms with E-state index < -0.39 is 11.6 Å². The van der Waals surface area contributed by atoms with Crippen LogP contribution in [0.5, 0.6) is 0 Å². The van der Waals surface area contributed by atoms with Gasteiger partial charge >= 0.3 is 0 Å². The van der Waals surface area contributed by atoms with E-state index in [-0.39, 0.29) is 17.3 Å². The standard InChI is InChI=1S/C22H23F2N9/c1-2-31-8-6-16(7-9-31)32-13-15(12-27-32)14-10-17(21(25)26-11-14)22-28-29-30-33(22)19-5-3-4-18(23)20(19)24/h3-5,10-13,16H,2,6-9H2,1H3,(H2,25,26). The summed E-state index contributed by atoms with van der Waals surface area (Å²) in [5, 5.41) is 16.0. The van der Waals surface area contributed by atoms with Gasteiger partial charge in [0.1, 0.15) is 11.5 Å². The molecule has 4 aromatic rings. The van der Waals surface area contributed by atoms with Crippen LogP contribution in [0.1, 0.15) is 25.8 Å². The van der Waals surface area contributed by atoms with Gasteiger partial charge in [-0.15, -0.1) is 5.10 Å². The van der Waals surface area contributed by atoms with E-state index in [9.17, 15) is 8.78 Å². The van der Waals surface area contributed by atoms with E-state index >= 15 is 0 Å². The minimum absolute atomic E-state index is 0.119. The number of benzene rings is 1. The summed E-state index contributed by atoms with van der Waals surface area (Å²) in [5.74, 6) is -1.72. The molecule has 0 unspecified atom stereocenters. The van der Waals surface area contributed by atoms with Crippen LogP contribution < -0.4 is 5.73 Å². The lowest BCUT2D eigenvalue weighted by Crippen LogP contribution is -2.34. The number of pyridine rings is 1. The Morgan fingerprint density at radius 2 is 1.94 bits per heavy atom. The van der Waals surface area contributed by atoms with Crippen molar-refractivity contribution in [1.29, 1.82) is 0 Å². The Morgan fingerprint density at radius 1 is 1.12 bits per heavy atom. The largest absolute Gasteiger partial charge is 0.383 e. The molecule has 0 bridgehead atoms. The molecular formula is C22H23F2N9. The number of anilines is 1. The number of piperidine rings is 1. The van der Waals surface area contributed by atoms with E-state index in [2.05, 4.69) is 37.4 Å². The summed E-state index contributed by atoms with van der Waals surface area (Å²) in [6, 6.07) is 5.94. The number of likely N-dealkylation sites (tertiary alicyclic amines) is 1. The molecule has 9 nitrogen and oxygen atoms in total. The van der Waals surface area contributed by atoms with Crippen LogP contribution in [0.3, 0.4) is 0 Å². The number of hydrogen-bond acceptors (Lipinski definition) is 7. The smallest absolute Gasteiger partial charge is 0.190 e. The zero-order valence-corrected chi connectivity index (χ0v) is 18.1. The molecule has 0 saturated carbocycles. The van der Waals surface area contributed by atoms with Gasteiger partial charge in [-0.25, -0.2) is 13.8 Å². The number of aromatic nitrogens is 7. The fourth-order valence-corrected chi connectivity index (χ4v) is 4.17. The van der Waals surface area contributed by atoms with E-state index in [0.717, 1.165) is 54.4 Å². The number of hydrogen-bond donors (Lipinski definition) is 1. The van der Waals surface area contributed by atoms with E-state index in [0.29, 0.717) is 11.6 Å². The molecule has 0 atom stereocenters. The van der Waals surface area contributed by atoms with Crippen molar-refractivity contribution in [1.82, 2.24) is 39.9 Å². The first-order chi connectivity index (χ1) is 16.0. The predicted octanol–water partition coefficient (Wildman–Crippen LogP) is 3.11. The van der Waals surface area contributed by atoms with Gasteiger partial charge in [-0.1, -0.05) is 13.0 Å². The van der Waals surface area contributed by atoms with Crippen LogP contribution in [0.15, 0.2) is 42.9 Å². The first-order valence-corrected chi connectivity index (χ1v) is 10.8. The fraction of sp³-hybridized carbons (Fsp3) is 0.318. The van der Waals surface area contributed by atoms with Gasteiger partial charge in [0.25, 0.3) is 0 Å². The molecule has 0 radical (unpaired) electrons. The molecular weight excluding hydrogens is 428 g/mol. The van der Waals surface area contributed by atoms with Crippen LogP contribution in [0.2, 0.25) is 0 Å². The van der Waals surface area contributed by atoms with Crippen molar-refractivity contribution >= 4 is 5.82 Å². The summed E-state index contributed by atoms with van der Waals surface area (Å²) >= 11 is 0. The lowest BCUT2D eigenvalue weighted by Gasteiger charge is -2.31. The Bertz CT molecular complexity index is 1270. The molecule has 3 aromatic heterocycles. The molecule has 11 heteroatoms. The second-order valence-electron chi connectivity index (χ2n) is 8.02. The first-order valence-electron chi connectivity index (χ1n) is 10.8. The molecule has 5 rings (SSSR count). The highest BCUT2D eigenvalue weighted by Crippen LogP contribution is 2.31. The molecule has 0 aliphatic carbocycles. The van der Waals surface area contributed by atoms with E-state index in [1.165, 1.54) is 12.1 Å². The third kappa shape index (κ3) is 3.95. The van der Waals surface area contributed by atoms with Crippen LogP contribution in [-0.4, -0.2) is 59.5 Å². The third-order valence-corrected chi connectivity index (χ3v) is 6.10. The van der Waals surface area contributed by atoms with Gasteiger partial charge < -0.3 is 10.6 Å². The lowest BCUT2D eigenvalue weighted by molar-refractivity contribution is 0.187. The minimum atomic E-state index is -1.05. The highest BCUT2D eigenvalue weighted by atomic mass is 19.2. The summed E-state index contributed by atoms with van der Waals surface area (Å²) < 4.78 is 31.3. The van der Waals surface area contributed by atoms with E-state index in [1.54, 1.807) is 18.5 Å². The van der Waals surface area contributed by atoms with Crippen LogP contribution in [-0.2, 0) is 0 Å². The van der Waals surface area contributed by atoms with Crippen molar-refractivity contribution < 1.29 is 8.78 Å². The number of nitrogens with two attached hydrogens (primary N) is 1. The van der Waals surface area contributed by atoms with E-state index in [1.807, 2.05) is 10.9 Å². The molecule has 1 aliphatic heterocycles. The maximum atomic E-state index is 14.4. The van der Waals surface area contributed by atoms with Gasteiger partial charge in [0.05, 0.1) is 17.8 Å². The van der Waals surface area contributed by atoms with Gasteiger partial charge in [0, 0.05) is 36.6 Å². The van der Waals surface area contributed by atoms with Crippen molar-refractivity contribution in [2.45, 2.75) is 25.8 Å². The Morgan fingerprint density at radius 3 is 2.73 bits per heavy atom. The fourth-order valence-electron chi connectivity index (χ4n) is 4.17. The molecule has 1 aromatic carbocycles. The molecule has 0 amide bonds. The Hall–Kier alpha value is -3.73. The van der Waals surface area contributed by atoms with Gasteiger partial charge in [-0.2, -0.15) is 9.78 Å². The molecule has 0 spiro atoms. The zero-order valence-electron chi connectivity index (χ0n) is 18.1. The molecule has 4 heterocycles. The molecule has 33 heavy (non-hydrogen) atoms. The van der Waals surface area contributed by atoms with Crippen molar-refractivity contribution in [2.75, 3.05) is 25.4 Å². The lowest BCUT2D eigenvalue weighted by atomic mass is 10.1. The van der Waals surface area contributed by atoms with E-state index in [4.69, 9.17) is 5.73 Å². The average molecular weight is 451 g/mol. The Kier molecular flexibility index (Phi) is 5.55. The van der Waals surface area contributed by atoms with Gasteiger partial charge in [-0.05, 0) is 48.0 Å². The third-order valence-electron chi connectivity index (χ3n) is 6.10. The van der Waals surface area contributed by atoms with Crippen LogP contribution in [0.25, 0.3) is 28.2 Å². The normalized spacial score (nSPS) is 15.2. The SMILES string of the molecule is CCN1CCC(n2cc(-c3cnc(N)c(-c4nnnn4-c4cccc(F)c4F)c3)cn2)CC1. The first kappa shape index (κ1) is 21.1. The van der Waals surface area contributed by atoms with Crippen molar-refractivity contribution in [3.05, 3.63) is 54.5 Å². The van der Waals surface area contributed by atoms with Gasteiger partial charge in [0.2, 0.25) is 0 Å². The quantitative estimate of drug-likeness (QED) is 0.497. The summed E-state index contributed by atoms with van der Waals surface area (Å²) in [4.78, 5) is 6.72. The summed E-state index contributed by atoms with van der Waals surface area (Å²) in [7, 11) is 0. The highest BCUT2D eigenvalue weighted by molar-refractivity contribution is 5.76. The summed E-state index contributed by atoms with van der Waals surface area (Å²) in [6.45, 7) is 5.36.